The van der Waals surface area contributed by atoms with Gasteiger partial charge in [0.25, 0.3) is 0 Å². The van der Waals surface area contributed by atoms with Gasteiger partial charge in [-0.3, -0.25) is 4.79 Å². The van der Waals surface area contributed by atoms with Crippen LogP contribution in [-0.2, 0) is 4.79 Å². The first-order valence-corrected chi connectivity index (χ1v) is 9.82. The van der Waals surface area contributed by atoms with Crippen LogP contribution in [0.25, 0.3) is 5.65 Å². The van der Waals surface area contributed by atoms with Gasteiger partial charge < -0.3 is 10.2 Å². The largest absolute Gasteiger partial charge is 0.355 e. The molecule has 7 nitrogen and oxygen atoms in total. The van der Waals surface area contributed by atoms with Crippen LogP contribution in [0, 0.1) is 5.92 Å². The highest BCUT2D eigenvalue weighted by atomic mass is 32.2. The number of fused-ring (bicyclic) bond motifs is 1. The maximum atomic E-state index is 12.5. The first kappa shape index (κ1) is 16.8. The van der Waals surface area contributed by atoms with Gasteiger partial charge in [0, 0.05) is 29.6 Å². The first-order chi connectivity index (χ1) is 12.7. The second kappa shape index (κ2) is 7.33. The summed E-state index contributed by atoms with van der Waals surface area (Å²) in [7, 11) is 0. The molecule has 4 rings (SSSR count). The molecule has 0 unspecified atom stereocenters. The van der Waals surface area contributed by atoms with E-state index in [-0.39, 0.29) is 11.8 Å². The molecule has 134 valence electrons. The lowest BCUT2D eigenvalue weighted by atomic mass is 9.96. The lowest BCUT2D eigenvalue weighted by Crippen LogP contribution is -2.38. The van der Waals surface area contributed by atoms with E-state index in [0.717, 1.165) is 43.1 Å². The van der Waals surface area contributed by atoms with Gasteiger partial charge in [-0.15, -0.1) is 27.1 Å². The number of carbonyl (C=O) groups excluding carboxylic acids is 1. The highest BCUT2D eigenvalue weighted by molar-refractivity contribution is 7.98. The number of thioether (sulfide) groups is 1. The molecule has 3 aromatic rings. The molecule has 1 fully saturated rings. The van der Waals surface area contributed by atoms with Gasteiger partial charge >= 0.3 is 0 Å². The van der Waals surface area contributed by atoms with Crippen LogP contribution in [0.15, 0.2) is 47.6 Å². The Bertz CT molecular complexity index is 901. The number of rotatable bonds is 4. The van der Waals surface area contributed by atoms with Crippen LogP contribution in [-0.4, -0.2) is 45.1 Å². The highest BCUT2D eigenvalue weighted by Crippen LogP contribution is 2.24. The summed E-state index contributed by atoms with van der Waals surface area (Å²) in [5.41, 5.74) is 1.59. The van der Waals surface area contributed by atoms with Crippen molar-refractivity contribution in [2.75, 3.05) is 29.6 Å². The van der Waals surface area contributed by atoms with Crippen LogP contribution in [0.5, 0.6) is 0 Å². The Labute approximate surface area is 155 Å². The average Bonchev–Trinajstić information content (AvgIpc) is 3.16. The Kier molecular flexibility index (Phi) is 4.75. The van der Waals surface area contributed by atoms with Crippen LogP contribution >= 0.6 is 11.8 Å². The van der Waals surface area contributed by atoms with Crippen molar-refractivity contribution in [2.24, 2.45) is 5.92 Å². The molecule has 0 saturated carbocycles. The summed E-state index contributed by atoms with van der Waals surface area (Å²) in [6.07, 6.45) is 5.27. The zero-order valence-corrected chi connectivity index (χ0v) is 15.3. The predicted molar refractivity (Wildman–Crippen MR) is 103 cm³/mol. The molecule has 1 amide bonds. The fourth-order valence-electron chi connectivity index (χ4n) is 3.18. The van der Waals surface area contributed by atoms with Crippen molar-refractivity contribution in [2.45, 2.75) is 17.7 Å². The summed E-state index contributed by atoms with van der Waals surface area (Å²) < 4.78 is 1.67. The Morgan fingerprint density at radius 3 is 2.65 bits per heavy atom. The first-order valence-electron chi connectivity index (χ1n) is 8.60. The second-order valence-corrected chi connectivity index (χ2v) is 7.18. The summed E-state index contributed by atoms with van der Waals surface area (Å²) in [4.78, 5) is 15.9. The van der Waals surface area contributed by atoms with Gasteiger partial charge in [-0.1, -0.05) is 0 Å². The van der Waals surface area contributed by atoms with Crippen molar-refractivity contribution in [1.82, 2.24) is 19.8 Å². The van der Waals surface area contributed by atoms with E-state index in [1.54, 1.807) is 22.6 Å². The Balaban J connectivity index is 1.35. The summed E-state index contributed by atoms with van der Waals surface area (Å²) >= 11 is 1.69. The van der Waals surface area contributed by atoms with Crippen molar-refractivity contribution in [3.8, 4) is 0 Å². The fourth-order valence-corrected chi connectivity index (χ4v) is 3.58. The number of amides is 1. The lowest BCUT2D eigenvalue weighted by Gasteiger charge is -2.32. The molecule has 2 aromatic heterocycles. The van der Waals surface area contributed by atoms with E-state index in [1.807, 2.05) is 42.7 Å². The molecular formula is C18H20N6OS. The minimum absolute atomic E-state index is 0.0325. The van der Waals surface area contributed by atoms with E-state index in [9.17, 15) is 4.79 Å². The third kappa shape index (κ3) is 3.50. The van der Waals surface area contributed by atoms with E-state index in [2.05, 4.69) is 25.5 Å². The van der Waals surface area contributed by atoms with E-state index in [4.69, 9.17) is 0 Å². The number of anilines is 2. The Morgan fingerprint density at radius 2 is 1.92 bits per heavy atom. The van der Waals surface area contributed by atoms with Crippen LogP contribution < -0.4 is 10.2 Å². The number of nitrogens with zero attached hydrogens (tertiary/aromatic N) is 5. The van der Waals surface area contributed by atoms with Crippen molar-refractivity contribution < 1.29 is 4.79 Å². The average molecular weight is 368 g/mol. The number of benzene rings is 1. The molecule has 8 heteroatoms. The van der Waals surface area contributed by atoms with E-state index < -0.39 is 0 Å². The Morgan fingerprint density at radius 1 is 1.15 bits per heavy atom. The topological polar surface area (TPSA) is 75.4 Å². The Hall–Kier alpha value is -2.61. The third-order valence-corrected chi connectivity index (χ3v) is 5.44. The normalized spacial score (nSPS) is 15.3. The van der Waals surface area contributed by atoms with Crippen LogP contribution in [0.2, 0.25) is 0 Å². The van der Waals surface area contributed by atoms with Crippen LogP contribution in [0.3, 0.4) is 0 Å². The van der Waals surface area contributed by atoms with Crippen LogP contribution in [0.1, 0.15) is 12.8 Å². The van der Waals surface area contributed by atoms with Crippen molar-refractivity contribution in [3.63, 3.8) is 0 Å². The molecule has 0 aliphatic carbocycles. The molecule has 1 aliphatic heterocycles. The number of piperidine rings is 1. The molecule has 26 heavy (non-hydrogen) atoms. The highest BCUT2D eigenvalue weighted by Gasteiger charge is 2.26. The number of carbonyl (C=O) groups is 1. The van der Waals surface area contributed by atoms with Gasteiger partial charge in [0.1, 0.15) is 12.1 Å². The van der Waals surface area contributed by atoms with E-state index >= 15 is 0 Å². The predicted octanol–water partition coefficient (Wildman–Crippen LogP) is 2.70. The van der Waals surface area contributed by atoms with Crippen molar-refractivity contribution >= 4 is 34.8 Å². The van der Waals surface area contributed by atoms with E-state index in [0.29, 0.717) is 0 Å². The van der Waals surface area contributed by atoms with Gasteiger partial charge in [-0.05, 0) is 55.5 Å². The molecule has 0 spiro atoms. The maximum Gasteiger partial charge on any atom is 0.227 e. The monoisotopic (exact) mass is 368 g/mol. The van der Waals surface area contributed by atoms with Gasteiger partial charge in [-0.2, -0.15) is 4.52 Å². The summed E-state index contributed by atoms with van der Waals surface area (Å²) in [6.45, 7) is 1.62. The summed E-state index contributed by atoms with van der Waals surface area (Å²) in [5, 5.41) is 15.4. The molecule has 1 saturated heterocycles. The summed E-state index contributed by atoms with van der Waals surface area (Å²) in [5.74, 6) is 1.03. The molecule has 1 aliphatic rings. The molecule has 0 atom stereocenters. The lowest BCUT2D eigenvalue weighted by molar-refractivity contribution is -0.120. The molecule has 1 N–H and O–H groups in total. The third-order valence-electron chi connectivity index (χ3n) is 4.69. The van der Waals surface area contributed by atoms with Gasteiger partial charge in [0.05, 0.1) is 0 Å². The van der Waals surface area contributed by atoms with Crippen molar-refractivity contribution in [1.29, 1.82) is 0 Å². The number of hydrogen-bond acceptors (Lipinski definition) is 6. The zero-order valence-electron chi connectivity index (χ0n) is 14.5. The molecule has 0 radical (unpaired) electrons. The number of hydrogen-bond donors (Lipinski definition) is 1. The quantitative estimate of drug-likeness (QED) is 0.714. The van der Waals surface area contributed by atoms with Gasteiger partial charge in [0.2, 0.25) is 5.91 Å². The molecule has 1 aromatic carbocycles. The number of nitrogens with one attached hydrogen (secondary N) is 1. The number of aromatic nitrogens is 4. The van der Waals surface area contributed by atoms with Gasteiger partial charge in [0.15, 0.2) is 5.65 Å². The van der Waals surface area contributed by atoms with Crippen LogP contribution in [0.4, 0.5) is 11.5 Å². The maximum absolute atomic E-state index is 12.5. The van der Waals surface area contributed by atoms with Gasteiger partial charge in [-0.25, -0.2) is 0 Å². The fraction of sp³-hybridized carbons (Fsp3) is 0.333. The standard InChI is InChI=1S/C18H20N6OS/c1-26-15-4-2-14(3-5-15)20-18(25)13-8-10-23(11-9-13)17-7-6-16-21-19-12-24(16)22-17/h2-7,12-13H,8-11H2,1H3,(H,20,25). The summed E-state index contributed by atoms with van der Waals surface area (Å²) in [6, 6.07) is 11.8. The second-order valence-electron chi connectivity index (χ2n) is 6.30. The molecule has 3 heterocycles. The molecule has 0 bridgehead atoms. The van der Waals surface area contributed by atoms with E-state index in [1.165, 1.54) is 4.90 Å². The SMILES string of the molecule is CSc1ccc(NC(=O)C2CCN(c3ccc4nncn4n3)CC2)cc1. The molecular weight excluding hydrogens is 348 g/mol. The van der Waals surface area contributed by atoms with Crippen molar-refractivity contribution in [3.05, 3.63) is 42.7 Å². The minimum Gasteiger partial charge on any atom is -0.355 e. The minimum atomic E-state index is 0.0325. The zero-order chi connectivity index (χ0) is 17.9. The smallest absolute Gasteiger partial charge is 0.227 e.